The molecule has 7 heteroatoms. The van der Waals surface area contributed by atoms with Crippen LogP contribution in [0.4, 0.5) is 5.69 Å². The van der Waals surface area contributed by atoms with Gasteiger partial charge >= 0.3 is 11.9 Å². The van der Waals surface area contributed by atoms with Crippen molar-refractivity contribution in [1.82, 2.24) is 0 Å². The fourth-order valence-electron chi connectivity index (χ4n) is 2.36. The molecule has 0 aromatic heterocycles. The van der Waals surface area contributed by atoms with Gasteiger partial charge in [-0.25, -0.2) is 9.59 Å². The van der Waals surface area contributed by atoms with Gasteiger partial charge in [-0.1, -0.05) is 0 Å². The average Bonchev–Trinajstić information content (AvgIpc) is 3.00. The van der Waals surface area contributed by atoms with Crippen molar-refractivity contribution in [2.24, 2.45) is 0 Å². The van der Waals surface area contributed by atoms with Crippen LogP contribution in [0.1, 0.15) is 26.3 Å². The summed E-state index contributed by atoms with van der Waals surface area (Å²) in [5.41, 5.74) is 2.21. The summed E-state index contributed by atoms with van der Waals surface area (Å²) < 4.78 is 14.9. The zero-order valence-electron chi connectivity index (χ0n) is 13.4. The molecule has 0 bridgehead atoms. The van der Waals surface area contributed by atoms with E-state index in [-0.39, 0.29) is 25.1 Å². The second-order valence-electron chi connectivity index (χ2n) is 5.30. The SMILES string of the molecule is COC(=O)c1ccc(OCC(=O)Nc2ccc3c(c2)COC3=O)cc1. The summed E-state index contributed by atoms with van der Waals surface area (Å²) in [6, 6.07) is 11.2. The molecular formula is C18H15NO6. The van der Waals surface area contributed by atoms with Crippen molar-refractivity contribution in [3.63, 3.8) is 0 Å². The van der Waals surface area contributed by atoms with Crippen molar-refractivity contribution in [1.29, 1.82) is 0 Å². The number of amides is 1. The highest BCUT2D eigenvalue weighted by atomic mass is 16.5. The van der Waals surface area contributed by atoms with Crippen LogP contribution >= 0.6 is 0 Å². The molecule has 1 amide bonds. The Bertz CT molecular complexity index is 828. The Morgan fingerprint density at radius 3 is 2.64 bits per heavy atom. The van der Waals surface area contributed by atoms with E-state index in [1.807, 2.05) is 0 Å². The van der Waals surface area contributed by atoms with Crippen LogP contribution in [0.15, 0.2) is 42.5 Å². The van der Waals surface area contributed by atoms with Crippen molar-refractivity contribution in [2.75, 3.05) is 19.0 Å². The number of ether oxygens (including phenoxy) is 3. The quantitative estimate of drug-likeness (QED) is 0.838. The molecule has 0 fully saturated rings. The van der Waals surface area contributed by atoms with Gasteiger partial charge in [-0.05, 0) is 42.5 Å². The van der Waals surface area contributed by atoms with Crippen LogP contribution in [-0.4, -0.2) is 31.6 Å². The molecule has 2 aromatic carbocycles. The summed E-state index contributed by atoms with van der Waals surface area (Å²) in [5, 5.41) is 2.69. The summed E-state index contributed by atoms with van der Waals surface area (Å²) in [5.74, 6) is -0.687. The van der Waals surface area contributed by atoms with Gasteiger partial charge in [0.25, 0.3) is 5.91 Å². The molecule has 0 saturated carbocycles. The average molecular weight is 341 g/mol. The predicted octanol–water partition coefficient (Wildman–Crippen LogP) is 2.16. The summed E-state index contributed by atoms with van der Waals surface area (Å²) in [4.78, 5) is 34.7. The largest absolute Gasteiger partial charge is 0.484 e. The number of nitrogens with one attached hydrogen (secondary N) is 1. The van der Waals surface area contributed by atoms with E-state index in [9.17, 15) is 14.4 Å². The maximum Gasteiger partial charge on any atom is 0.338 e. The van der Waals surface area contributed by atoms with Crippen molar-refractivity contribution in [3.8, 4) is 5.75 Å². The Morgan fingerprint density at radius 1 is 1.16 bits per heavy atom. The molecule has 7 nitrogen and oxygen atoms in total. The van der Waals surface area contributed by atoms with Gasteiger partial charge in [0.2, 0.25) is 0 Å². The number of benzene rings is 2. The van der Waals surface area contributed by atoms with Crippen molar-refractivity contribution in [3.05, 3.63) is 59.2 Å². The number of fused-ring (bicyclic) bond motifs is 1. The van der Waals surface area contributed by atoms with Gasteiger partial charge in [0.05, 0.1) is 18.2 Å². The predicted molar refractivity (Wildman–Crippen MR) is 87.5 cm³/mol. The maximum absolute atomic E-state index is 12.0. The number of carbonyl (C=O) groups is 3. The molecule has 0 aliphatic carbocycles. The molecule has 0 saturated heterocycles. The second-order valence-corrected chi connectivity index (χ2v) is 5.30. The number of anilines is 1. The third-order valence-corrected chi connectivity index (χ3v) is 3.61. The second kappa shape index (κ2) is 7.04. The van der Waals surface area contributed by atoms with Crippen LogP contribution in [-0.2, 0) is 20.9 Å². The normalized spacial score (nSPS) is 12.1. The minimum absolute atomic E-state index is 0.190. The highest BCUT2D eigenvalue weighted by Gasteiger charge is 2.21. The number of hydrogen-bond acceptors (Lipinski definition) is 6. The summed E-state index contributed by atoms with van der Waals surface area (Å²) in [7, 11) is 1.30. The molecule has 1 aliphatic heterocycles. The first kappa shape index (κ1) is 16.5. The maximum atomic E-state index is 12.0. The molecular weight excluding hydrogens is 326 g/mol. The lowest BCUT2D eigenvalue weighted by Gasteiger charge is -2.08. The molecule has 128 valence electrons. The molecule has 25 heavy (non-hydrogen) atoms. The zero-order valence-corrected chi connectivity index (χ0v) is 13.4. The third-order valence-electron chi connectivity index (χ3n) is 3.61. The van der Waals surface area contributed by atoms with Gasteiger partial charge in [-0.3, -0.25) is 4.79 Å². The molecule has 0 spiro atoms. The summed E-state index contributed by atoms with van der Waals surface area (Å²) in [6.45, 7) is 0.0189. The van der Waals surface area contributed by atoms with Crippen molar-refractivity contribution in [2.45, 2.75) is 6.61 Å². The molecule has 3 rings (SSSR count). The Morgan fingerprint density at radius 2 is 1.92 bits per heavy atom. The lowest BCUT2D eigenvalue weighted by Crippen LogP contribution is -2.20. The topological polar surface area (TPSA) is 90.9 Å². The minimum Gasteiger partial charge on any atom is -0.484 e. The Labute approximate surface area is 143 Å². The van der Waals surface area contributed by atoms with Crippen LogP contribution in [0.25, 0.3) is 0 Å². The van der Waals surface area contributed by atoms with Gasteiger partial charge in [-0.15, -0.1) is 0 Å². The molecule has 0 radical (unpaired) electrons. The van der Waals surface area contributed by atoms with E-state index in [0.29, 0.717) is 22.6 Å². The summed E-state index contributed by atoms with van der Waals surface area (Å²) >= 11 is 0. The molecule has 1 N–H and O–H groups in total. The lowest BCUT2D eigenvalue weighted by molar-refractivity contribution is -0.118. The van der Waals surface area contributed by atoms with Gasteiger partial charge in [0, 0.05) is 11.3 Å². The number of rotatable bonds is 5. The molecule has 1 aliphatic rings. The van der Waals surface area contributed by atoms with Crippen LogP contribution in [0, 0.1) is 0 Å². The van der Waals surface area contributed by atoms with E-state index >= 15 is 0 Å². The number of carbonyl (C=O) groups excluding carboxylic acids is 3. The smallest absolute Gasteiger partial charge is 0.338 e. The number of hydrogen-bond donors (Lipinski definition) is 1. The monoisotopic (exact) mass is 341 g/mol. The first-order chi connectivity index (χ1) is 12.1. The van der Waals surface area contributed by atoms with Gasteiger partial charge in [0.1, 0.15) is 12.4 Å². The van der Waals surface area contributed by atoms with E-state index in [1.165, 1.54) is 7.11 Å². The molecule has 1 heterocycles. The molecule has 2 aromatic rings. The minimum atomic E-state index is -0.441. The standard InChI is InChI=1S/C18H15NO6/c1-23-17(21)11-2-5-14(6-3-11)24-10-16(20)19-13-4-7-15-12(8-13)9-25-18(15)22/h2-8H,9-10H2,1H3,(H,19,20). The summed E-state index contributed by atoms with van der Waals surface area (Å²) in [6.07, 6.45) is 0. The van der Waals surface area contributed by atoms with E-state index in [2.05, 4.69) is 10.1 Å². The first-order valence-electron chi connectivity index (χ1n) is 7.48. The fourth-order valence-corrected chi connectivity index (χ4v) is 2.36. The Balaban J connectivity index is 1.55. The lowest BCUT2D eigenvalue weighted by atomic mass is 10.1. The van der Waals surface area contributed by atoms with Crippen LogP contribution < -0.4 is 10.1 Å². The van der Waals surface area contributed by atoms with Crippen LogP contribution in [0.5, 0.6) is 5.75 Å². The fraction of sp³-hybridized carbons (Fsp3) is 0.167. The Kier molecular flexibility index (Phi) is 4.65. The Hall–Kier alpha value is -3.35. The van der Waals surface area contributed by atoms with E-state index in [4.69, 9.17) is 9.47 Å². The van der Waals surface area contributed by atoms with Crippen molar-refractivity contribution >= 4 is 23.5 Å². The van der Waals surface area contributed by atoms with E-state index < -0.39 is 5.97 Å². The molecule has 0 atom stereocenters. The highest BCUT2D eigenvalue weighted by molar-refractivity contribution is 5.96. The van der Waals surface area contributed by atoms with Gasteiger partial charge in [0.15, 0.2) is 6.61 Å². The first-order valence-corrected chi connectivity index (χ1v) is 7.48. The van der Waals surface area contributed by atoms with E-state index in [1.54, 1.807) is 42.5 Å². The highest BCUT2D eigenvalue weighted by Crippen LogP contribution is 2.23. The third kappa shape index (κ3) is 3.77. The van der Waals surface area contributed by atoms with E-state index in [0.717, 1.165) is 5.56 Å². The van der Waals surface area contributed by atoms with Gasteiger partial charge in [-0.2, -0.15) is 0 Å². The number of methoxy groups -OCH3 is 1. The van der Waals surface area contributed by atoms with Gasteiger partial charge < -0.3 is 19.5 Å². The van der Waals surface area contributed by atoms with Crippen LogP contribution in [0.3, 0.4) is 0 Å². The van der Waals surface area contributed by atoms with Crippen LogP contribution in [0.2, 0.25) is 0 Å². The zero-order chi connectivity index (χ0) is 17.8. The molecule has 0 unspecified atom stereocenters. The number of cyclic esters (lactones) is 1. The van der Waals surface area contributed by atoms with Crippen molar-refractivity contribution < 1.29 is 28.6 Å². The number of esters is 2.